The van der Waals surface area contributed by atoms with Gasteiger partial charge >= 0.3 is 0 Å². The van der Waals surface area contributed by atoms with Crippen LogP contribution in [0.2, 0.25) is 0 Å². The Balaban J connectivity index is 1.43. The predicted octanol–water partition coefficient (Wildman–Crippen LogP) is 2.06. The summed E-state index contributed by atoms with van der Waals surface area (Å²) in [5.74, 6) is 0. The number of nitrogens with one attached hydrogen (secondary N) is 1. The molecule has 1 heterocycles. The van der Waals surface area contributed by atoms with Gasteiger partial charge < -0.3 is 14.8 Å². The van der Waals surface area contributed by atoms with E-state index in [1.165, 1.54) is 18.4 Å². The third-order valence-electron chi connectivity index (χ3n) is 3.88. The van der Waals surface area contributed by atoms with E-state index in [4.69, 9.17) is 0 Å². The Kier molecular flexibility index (Phi) is 4.14. The van der Waals surface area contributed by atoms with E-state index in [1.807, 2.05) is 17.1 Å². The molecule has 0 unspecified atom stereocenters. The molecule has 1 aliphatic carbocycles. The van der Waals surface area contributed by atoms with Crippen molar-refractivity contribution >= 4 is 0 Å². The van der Waals surface area contributed by atoms with Crippen LogP contribution in [-0.4, -0.2) is 40.6 Å². The smallest absolute Gasteiger partial charge is 0.0991 e. The van der Waals surface area contributed by atoms with E-state index in [0.717, 1.165) is 31.4 Å². The molecule has 0 aliphatic heterocycles. The second-order valence-electron chi connectivity index (χ2n) is 5.52. The molecule has 0 saturated heterocycles. The van der Waals surface area contributed by atoms with E-state index in [1.54, 1.807) is 6.20 Å². The molecule has 1 aliphatic rings. The van der Waals surface area contributed by atoms with Gasteiger partial charge in [-0.3, -0.25) is 0 Å². The highest BCUT2D eigenvalue weighted by atomic mass is 15.2. The van der Waals surface area contributed by atoms with Crippen molar-refractivity contribution in [2.75, 3.05) is 20.1 Å². The lowest BCUT2D eigenvalue weighted by Crippen LogP contribution is -2.30. The molecule has 4 heteroatoms. The monoisotopic (exact) mass is 270 g/mol. The Morgan fingerprint density at radius 1 is 1.30 bits per heavy atom. The predicted molar refractivity (Wildman–Crippen MR) is 80.9 cm³/mol. The third-order valence-corrected chi connectivity index (χ3v) is 3.88. The van der Waals surface area contributed by atoms with Crippen LogP contribution in [0.3, 0.4) is 0 Å². The molecule has 1 fully saturated rings. The summed E-state index contributed by atoms with van der Waals surface area (Å²) in [5, 5.41) is 3.51. The van der Waals surface area contributed by atoms with E-state index in [0.29, 0.717) is 0 Å². The van der Waals surface area contributed by atoms with Crippen molar-refractivity contribution in [3.8, 4) is 5.69 Å². The lowest BCUT2D eigenvalue weighted by Gasteiger charge is -2.15. The number of benzene rings is 1. The molecule has 2 aromatic rings. The van der Waals surface area contributed by atoms with Gasteiger partial charge in [0.2, 0.25) is 0 Å². The summed E-state index contributed by atoms with van der Waals surface area (Å²) in [6.07, 6.45) is 8.34. The summed E-state index contributed by atoms with van der Waals surface area (Å²) in [5.41, 5.74) is 2.47. The van der Waals surface area contributed by atoms with Gasteiger partial charge in [-0.1, -0.05) is 12.1 Å². The van der Waals surface area contributed by atoms with Crippen LogP contribution in [0, 0.1) is 0 Å². The summed E-state index contributed by atoms with van der Waals surface area (Å²) in [4.78, 5) is 6.52. The summed E-state index contributed by atoms with van der Waals surface area (Å²) in [6, 6.07) is 9.47. The van der Waals surface area contributed by atoms with E-state index < -0.39 is 0 Å². The number of aromatic nitrogens is 2. The van der Waals surface area contributed by atoms with Crippen molar-refractivity contribution < 1.29 is 0 Å². The molecule has 20 heavy (non-hydrogen) atoms. The normalized spacial score (nSPS) is 14.9. The third kappa shape index (κ3) is 3.46. The van der Waals surface area contributed by atoms with Gasteiger partial charge in [0, 0.05) is 43.8 Å². The maximum atomic E-state index is 4.06. The van der Waals surface area contributed by atoms with Gasteiger partial charge in [-0.2, -0.15) is 0 Å². The van der Waals surface area contributed by atoms with E-state index in [9.17, 15) is 0 Å². The Morgan fingerprint density at radius 3 is 2.75 bits per heavy atom. The molecule has 106 valence electrons. The molecule has 0 atom stereocenters. The molecule has 1 aromatic heterocycles. The maximum Gasteiger partial charge on any atom is 0.0991 e. The van der Waals surface area contributed by atoms with Gasteiger partial charge in [-0.05, 0) is 37.6 Å². The van der Waals surface area contributed by atoms with Crippen LogP contribution in [-0.2, 0) is 6.54 Å². The highest BCUT2D eigenvalue weighted by Crippen LogP contribution is 2.24. The molecule has 1 aromatic carbocycles. The molecule has 4 nitrogen and oxygen atoms in total. The van der Waals surface area contributed by atoms with Crippen molar-refractivity contribution in [2.24, 2.45) is 0 Å². The Bertz CT molecular complexity index is 514. The standard InChI is InChI=1S/C16H22N4/c1-19(15-6-7-15)10-8-17-12-14-2-4-16(5-3-14)20-11-9-18-13-20/h2-5,9,11,13,15,17H,6-8,10,12H2,1H3. The number of nitrogens with zero attached hydrogens (tertiary/aromatic N) is 3. The lowest BCUT2D eigenvalue weighted by atomic mass is 10.2. The molecule has 0 spiro atoms. The summed E-state index contributed by atoms with van der Waals surface area (Å²) in [7, 11) is 2.22. The van der Waals surface area contributed by atoms with Crippen molar-refractivity contribution in [1.29, 1.82) is 0 Å². The number of likely N-dealkylation sites (N-methyl/N-ethyl adjacent to an activating group) is 1. The van der Waals surface area contributed by atoms with Gasteiger partial charge in [0.1, 0.15) is 0 Å². The Labute approximate surface area is 120 Å². The lowest BCUT2D eigenvalue weighted by molar-refractivity contribution is 0.321. The molecule has 0 radical (unpaired) electrons. The van der Waals surface area contributed by atoms with Gasteiger partial charge in [0.15, 0.2) is 0 Å². The zero-order valence-electron chi connectivity index (χ0n) is 12.0. The minimum atomic E-state index is 0.853. The largest absolute Gasteiger partial charge is 0.311 e. The van der Waals surface area contributed by atoms with Crippen molar-refractivity contribution in [3.63, 3.8) is 0 Å². The number of rotatable bonds is 7. The second-order valence-corrected chi connectivity index (χ2v) is 5.52. The van der Waals surface area contributed by atoms with Crippen molar-refractivity contribution in [2.45, 2.75) is 25.4 Å². The number of hydrogen-bond acceptors (Lipinski definition) is 3. The first kappa shape index (κ1) is 13.3. The van der Waals surface area contributed by atoms with Crippen LogP contribution in [0.25, 0.3) is 5.69 Å². The minimum Gasteiger partial charge on any atom is -0.311 e. The van der Waals surface area contributed by atoms with Gasteiger partial charge in [-0.15, -0.1) is 0 Å². The molecule has 1 N–H and O–H groups in total. The fraction of sp³-hybridized carbons (Fsp3) is 0.438. The topological polar surface area (TPSA) is 33.1 Å². The highest BCUT2D eigenvalue weighted by molar-refractivity contribution is 5.34. The number of hydrogen-bond donors (Lipinski definition) is 1. The average molecular weight is 270 g/mol. The molecule has 0 bridgehead atoms. The second kappa shape index (κ2) is 6.20. The maximum absolute atomic E-state index is 4.06. The van der Waals surface area contributed by atoms with E-state index in [2.05, 4.69) is 46.5 Å². The number of imidazole rings is 1. The van der Waals surface area contributed by atoms with Crippen LogP contribution in [0.5, 0.6) is 0 Å². The molecular weight excluding hydrogens is 248 g/mol. The summed E-state index contributed by atoms with van der Waals surface area (Å²) < 4.78 is 2.02. The van der Waals surface area contributed by atoms with E-state index >= 15 is 0 Å². The van der Waals surface area contributed by atoms with Crippen LogP contribution in [0.4, 0.5) is 0 Å². The SMILES string of the molecule is CN(CCNCc1ccc(-n2ccnc2)cc1)C1CC1. The summed E-state index contributed by atoms with van der Waals surface area (Å²) in [6.45, 7) is 3.12. The van der Waals surface area contributed by atoms with Crippen LogP contribution in [0.15, 0.2) is 43.0 Å². The fourth-order valence-electron chi connectivity index (χ4n) is 2.38. The zero-order chi connectivity index (χ0) is 13.8. The minimum absolute atomic E-state index is 0.853. The van der Waals surface area contributed by atoms with E-state index in [-0.39, 0.29) is 0 Å². The molecule has 0 amide bonds. The first-order valence-electron chi connectivity index (χ1n) is 7.31. The van der Waals surface area contributed by atoms with Crippen LogP contribution >= 0.6 is 0 Å². The van der Waals surface area contributed by atoms with Crippen molar-refractivity contribution in [3.05, 3.63) is 48.5 Å². The van der Waals surface area contributed by atoms with Gasteiger partial charge in [0.25, 0.3) is 0 Å². The van der Waals surface area contributed by atoms with Crippen LogP contribution in [0.1, 0.15) is 18.4 Å². The highest BCUT2D eigenvalue weighted by Gasteiger charge is 2.25. The first-order valence-corrected chi connectivity index (χ1v) is 7.31. The van der Waals surface area contributed by atoms with Gasteiger partial charge in [0.05, 0.1) is 6.33 Å². The van der Waals surface area contributed by atoms with Crippen molar-refractivity contribution in [1.82, 2.24) is 19.8 Å². The fourth-order valence-corrected chi connectivity index (χ4v) is 2.38. The molecule has 3 rings (SSSR count). The first-order chi connectivity index (χ1) is 9.83. The quantitative estimate of drug-likeness (QED) is 0.782. The summed E-state index contributed by atoms with van der Waals surface area (Å²) >= 11 is 0. The van der Waals surface area contributed by atoms with Crippen LogP contribution < -0.4 is 5.32 Å². The van der Waals surface area contributed by atoms with Gasteiger partial charge in [-0.25, -0.2) is 4.98 Å². The molecule has 1 saturated carbocycles. The molecular formula is C16H22N4. The Hall–Kier alpha value is -1.65. The Morgan fingerprint density at radius 2 is 2.10 bits per heavy atom. The zero-order valence-corrected chi connectivity index (χ0v) is 12.0. The average Bonchev–Trinajstić information content (AvgIpc) is 3.19.